The minimum Gasteiger partial charge on any atom is -0.305 e. The van der Waals surface area contributed by atoms with Gasteiger partial charge in [0.15, 0.2) is 0 Å². The third-order valence-corrected chi connectivity index (χ3v) is 3.27. The lowest BCUT2D eigenvalue weighted by molar-refractivity contribution is -0.120. The summed E-state index contributed by atoms with van der Waals surface area (Å²) in [6.07, 6.45) is 2.99. The van der Waals surface area contributed by atoms with Crippen molar-refractivity contribution < 1.29 is 4.79 Å². The standard InChI is InChI=1S/C12H24N2O/c1-4-11-9-13(3)7-6-8-14(11)10-12(15)5-2/h11H,4-10H2,1-3H3. The van der Waals surface area contributed by atoms with E-state index in [2.05, 4.69) is 23.8 Å². The lowest BCUT2D eigenvalue weighted by Gasteiger charge is -2.29. The van der Waals surface area contributed by atoms with Crippen molar-refractivity contribution in [3.8, 4) is 0 Å². The number of ketones is 1. The van der Waals surface area contributed by atoms with Gasteiger partial charge in [0.25, 0.3) is 0 Å². The van der Waals surface area contributed by atoms with Crippen LogP contribution in [-0.4, -0.2) is 54.9 Å². The molecule has 1 fully saturated rings. The average Bonchev–Trinajstić information content (AvgIpc) is 2.40. The quantitative estimate of drug-likeness (QED) is 0.703. The van der Waals surface area contributed by atoms with Gasteiger partial charge in [-0.2, -0.15) is 0 Å². The molecule has 0 spiro atoms. The molecule has 88 valence electrons. The number of nitrogens with zero attached hydrogens (tertiary/aromatic N) is 2. The van der Waals surface area contributed by atoms with Gasteiger partial charge in [-0.05, 0) is 26.4 Å². The van der Waals surface area contributed by atoms with Crippen LogP contribution in [0.3, 0.4) is 0 Å². The Balaban J connectivity index is 2.54. The second-order valence-electron chi connectivity index (χ2n) is 4.54. The minimum absolute atomic E-state index is 0.373. The first-order chi connectivity index (χ1) is 7.17. The summed E-state index contributed by atoms with van der Waals surface area (Å²) in [6.45, 7) is 8.17. The Bertz CT molecular complexity index is 206. The predicted octanol–water partition coefficient (Wildman–Crippen LogP) is 1.38. The van der Waals surface area contributed by atoms with Gasteiger partial charge < -0.3 is 4.90 Å². The zero-order valence-electron chi connectivity index (χ0n) is 10.3. The van der Waals surface area contributed by atoms with Gasteiger partial charge in [-0.1, -0.05) is 13.8 Å². The largest absolute Gasteiger partial charge is 0.305 e. The van der Waals surface area contributed by atoms with Crippen LogP contribution in [-0.2, 0) is 4.79 Å². The van der Waals surface area contributed by atoms with E-state index in [1.807, 2.05) is 6.92 Å². The molecule has 0 aromatic carbocycles. The zero-order valence-corrected chi connectivity index (χ0v) is 10.3. The van der Waals surface area contributed by atoms with E-state index >= 15 is 0 Å². The van der Waals surface area contributed by atoms with E-state index in [-0.39, 0.29) is 0 Å². The van der Waals surface area contributed by atoms with Crippen LogP contribution in [0.1, 0.15) is 33.1 Å². The Hall–Kier alpha value is -0.410. The first-order valence-electron chi connectivity index (χ1n) is 6.11. The molecule has 0 radical (unpaired) electrons. The Kier molecular flexibility index (Phi) is 5.26. The van der Waals surface area contributed by atoms with Crippen LogP contribution in [0, 0.1) is 0 Å². The molecule has 1 heterocycles. The van der Waals surface area contributed by atoms with Crippen molar-refractivity contribution in [3.63, 3.8) is 0 Å². The monoisotopic (exact) mass is 212 g/mol. The second-order valence-corrected chi connectivity index (χ2v) is 4.54. The first-order valence-corrected chi connectivity index (χ1v) is 6.11. The predicted molar refractivity (Wildman–Crippen MR) is 63.1 cm³/mol. The average molecular weight is 212 g/mol. The zero-order chi connectivity index (χ0) is 11.3. The second kappa shape index (κ2) is 6.23. The summed E-state index contributed by atoms with van der Waals surface area (Å²) >= 11 is 0. The molecule has 1 rings (SSSR count). The summed E-state index contributed by atoms with van der Waals surface area (Å²) in [4.78, 5) is 16.2. The van der Waals surface area contributed by atoms with Crippen molar-refractivity contribution in [3.05, 3.63) is 0 Å². The highest BCUT2D eigenvalue weighted by molar-refractivity contribution is 5.80. The smallest absolute Gasteiger partial charge is 0.146 e. The number of likely N-dealkylation sites (N-methyl/N-ethyl adjacent to an activating group) is 1. The summed E-state index contributed by atoms with van der Waals surface area (Å²) in [5.74, 6) is 0.373. The van der Waals surface area contributed by atoms with Crippen molar-refractivity contribution in [2.24, 2.45) is 0 Å². The number of carbonyl (C=O) groups excluding carboxylic acids is 1. The van der Waals surface area contributed by atoms with Crippen LogP contribution in [0.4, 0.5) is 0 Å². The molecule has 1 aliphatic heterocycles. The van der Waals surface area contributed by atoms with E-state index in [1.165, 1.54) is 6.42 Å². The molecule has 1 unspecified atom stereocenters. The van der Waals surface area contributed by atoms with Gasteiger partial charge in [0.2, 0.25) is 0 Å². The van der Waals surface area contributed by atoms with Gasteiger partial charge >= 0.3 is 0 Å². The lowest BCUT2D eigenvalue weighted by Crippen LogP contribution is -2.42. The topological polar surface area (TPSA) is 23.6 Å². The molecule has 0 amide bonds. The number of hydrogen-bond donors (Lipinski definition) is 0. The van der Waals surface area contributed by atoms with Crippen molar-refractivity contribution in [2.45, 2.75) is 39.2 Å². The Morgan fingerprint density at radius 2 is 2.07 bits per heavy atom. The molecule has 15 heavy (non-hydrogen) atoms. The Morgan fingerprint density at radius 3 is 2.67 bits per heavy atom. The summed E-state index contributed by atoms with van der Waals surface area (Å²) in [7, 11) is 2.17. The molecule has 1 aliphatic rings. The van der Waals surface area contributed by atoms with E-state index in [0.29, 0.717) is 24.8 Å². The van der Waals surface area contributed by atoms with Crippen LogP contribution in [0.2, 0.25) is 0 Å². The summed E-state index contributed by atoms with van der Waals surface area (Å²) in [5, 5.41) is 0. The molecule has 3 heteroatoms. The fraction of sp³-hybridized carbons (Fsp3) is 0.917. The van der Waals surface area contributed by atoms with Crippen LogP contribution < -0.4 is 0 Å². The molecule has 3 nitrogen and oxygen atoms in total. The Labute approximate surface area is 93.4 Å². The number of rotatable bonds is 4. The summed E-state index contributed by atoms with van der Waals surface area (Å²) in [6, 6.07) is 0.563. The van der Waals surface area contributed by atoms with Crippen molar-refractivity contribution >= 4 is 5.78 Å². The first kappa shape index (κ1) is 12.7. The molecular formula is C12H24N2O. The van der Waals surface area contributed by atoms with Gasteiger partial charge in [0.1, 0.15) is 5.78 Å². The maximum absolute atomic E-state index is 11.5. The van der Waals surface area contributed by atoms with Crippen molar-refractivity contribution in [2.75, 3.05) is 33.2 Å². The van der Waals surface area contributed by atoms with Gasteiger partial charge in [-0.3, -0.25) is 9.69 Å². The molecule has 1 saturated heterocycles. The molecular weight excluding hydrogens is 188 g/mol. The van der Waals surface area contributed by atoms with Gasteiger partial charge in [0, 0.05) is 25.6 Å². The van der Waals surface area contributed by atoms with E-state index in [4.69, 9.17) is 0 Å². The third-order valence-electron chi connectivity index (χ3n) is 3.27. The molecule has 0 bridgehead atoms. The normalized spacial score (nSPS) is 25.1. The van der Waals surface area contributed by atoms with Gasteiger partial charge in [0.05, 0.1) is 6.54 Å². The molecule has 0 saturated carbocycles. The maximum Gasteiger partial charge on any atom is 0.146 e. The molecule has 0 aromatic rings. The number of hydrogen-bond acceptors (Lipinski definition) is 3. The minimum atomic E-state index is 0.373. The van der Waals surface area contributed by atoms with Crippen LogP contribution in [0.15, 0.2) is 0 Å². The summed E-state index contributed by atoms with van der Waals surface area (Å²) in [5.41, 5.74) is 0. The van der Waals surface area contributed by atoms with Crippen LogP contribution >= 0.6 is 0 Å². The summed E-state index contributed by atoms with van der Waals surface area (Å²) < 4.78 is 0. The fourth-order valence-electron chi connectivity index (χ4n) is 2.23. The highest BCUT2D eigenvalue weighted by Gasteiger charge is 2.22. The maximum atomic E-state index is 11.5. The SMILES string of the molecule is CCC(=O)CN1CCCN(C)CC1CC. The van der Waals surface area contributed by atoms with E-state index in [0.717, 1.165) is 26.1 Å². The van der Waals surface area contributed by atoms with Crippen molar-refractivity contribution in [1.29, 1.82) is 0 Å². The third kappa shape index (κ3) is 3.92. The fourth-order valence-corrected chi connectivity index (χ4v) is 2.23. The molecule has 1 atom stereocenters. The van der Waals surface area contributed by atoms with Crippen LogP contribution in [0.5, 0.6) is 0 Å². The van der Waals surface area contributed by atoms with Crippen molar-refractivity contribution in [1.82, 2.24) is 9.80 Å². The molecule has 0 aliphatic carbocycles. The van der Waals surface area contributed by atoms with Gasteiger partial charge in [-0.25, -0.2) is 0 Å². The number of carbonyl (C=O) groups is 1. The van der Waals surface area contributed by atoms with E-state index in [9.17, 15) is 4.79 Å². The Morgan fingerprint density at radius 1 is 1.33 bits per heavy atom. The lowest BCUT2D eigenvalue weighted by atomic mass is 10.1. The highest BCUT2D eigenvalue weighted by Crippen LogP contribution is 2.11. The van der Waals surface area contributed by atoms with Gasteiger partial charge in [-0.15, -0.1) is 0 Å². The van der Waals surface area contributed by atoms with Crippen LogP contribution in [0.25, 0.3) is 0 Å². The number of Topliss-reactive ketones (excluding diaryl/α,β-unsaturated/α-hetero) is 1. The molecule has 0 aromatic heterocycles. The van der Waals surface area contributed by atoms with E-state index < -0.39 is 0 Å². The highest BCUT2D eigenvalue weighted by atomic mass is 16.1. The molecule has 0 N–H and O–H groups in total. The van der Waals surface area contributed by atoms with E-state index in [1.54, 1.807) is 0 Å².